The van der Waals surface area contributed by atoms with Gasteiger partial charge in [0.15, 0.2) is 0 Å². The van der Waals surface area contributed by atoms with E-state index in [9.17, 15) is 0 Å². The van der Waals surface area contributed by atoms with E-state index in [4.69, 9.17) is 22.0 Å². The van der Waals surface area contributed by atoms with Crippen molar-refractivity contribution in [2.45, 2.75) is 6.61 Å². The molecule has 0 heterocycles. The summed E-state index contributed by atoms with van der Waals surface area (Å²) in [6, 6.07) is 6.75. The molecule has 0 spiro atoms. The number of nitriles is 1. The molecule has 0 radical (unpaired) electrons. The molecular formula is C8H6ClNO. The molecule has 0 aliphatic rings. The molecule has 11 heavy (non-hydrogen) atoms. The van der Waals surface area contributed by atoms with E-state index in [1.165, 1.54) is 0 Å². The second-order valence-corrected chi connectivity index (χ2v) is 2.51. The third kappa shape index (κ3) is 1.70. The standard InChI is InChI=1S/C8H6ClNO/c9-8-2-1-6(4-10)7(3-8)5-11/h1-3,11H,5H2. The van der Waals surface area contributed by atoms with Gasteiger partial charge in [0.05, 0.1) is 18.2 Å². The van der Waals surface area contributed by atoms with Crippen LogP contribution >= 0.6 is 11.6 Å². The fourth-order valence-electron chi connectivity index (χ4n) is 0.802. The Hall–Kier alpha value is -1.04. The Morgan fingerprint density at radius 3 is 2.82 bits per heavy atom. The molecule has 1 rings (SSSR count). The molecule has 56 valence electrons. The number of aliphatic hydroxyl groups excluding tert-OH is 1. The Kier molecular flexibility index (Phi) is 2.48. The lowest BCUT2D eigenvalue weighted by molar-refractivity contribution is 0.281. The summed E-state index contributed by atoms with van der Waals surface area (Å²) in [6.45, 7) is -0.149. The van der Waals surface area contributed by atoms with E-state index in [0.29, 0.717) is 16.1 Å². The van der Waals surface area contributed by atoms with Gasteiger partial charge in [-0.1, -0.05) is 11.6 Å². The molecule has 0 aliphatic carbocycles. The quantitative estimate of drug-likeness (QED) is 0.692. The number of halogens is 1. The summed E-state index contributed by atoms with van der Waals surface area (Å²) in [7, 11) is 0. The van der Waals surface area contributed by atoms with Gasteiger partial charge in [-0.25, -0.2) is 0 Å². The topological polar surface area (TPSA) is 44.0 Å². The van der Waals surface area contributed by atoms with Gasteiger partial charge in [-0.3, -0.25) is 0 Å². The van der Waals surface area contributed by atoms with E-state index >= 15 is 0 Å². The highest BCUT2D eigenvalue weighted by molar-refractivity contribution is 6.30. The highest BCUT2D eigenvalue weighted by Gasteiger charge is 1.99. The zero-order valence-electron chi connectivity index (χ0n) is 5.71. The largest absolute Gasteiger partial charge is 0.392 e. The smallest absolute Gasteiger partial charge is 0.0995 e. The van der Waals surface area contributed by atoms with Crippen LogP contribution in [0.5, 0.6) is 0 Å². The van der Waals surface area contributed by atoms with Crippen LogP contribution in [0.4, 0.5) is 0 Å². The van der Waals surface area contributed by atoms with Crippen LogP contribution in [-0.4, -0.2) is 5.11 Å². The first-order chi connectivity index (χ1) is 5.27. The predicted octanol–water partition coefficient (Wildman–Crippen LogP) is 1.70. The summed E-state index contributed by atoms with van der Waals surface area (Å²) in [5.41, 5.74) is 1.04. The molecule has 2 nitrogen and oxygen atoms in total. The van der Waals surface area contributed by atoms with E-state index in [-0.39, 0.29) is 6.61 Å². The van der Waals surface area contributed by atoms with Crippen molar-refractivity contribution in [1.82, 2.24) is 0 Å². The first-order valence-corrected chi connectivity index (χ1v) is 3.45. The molecule has 3 heteroatoms. The highest BCUT2D eigenvalue weighted by atomic mass is 35.5. The molecule has 0 aliphatic heterocycles. The Morgan fingerprint density at radius 1 is 1.55 bits per heavy atom. The molecule has 1 aromatic carbocycles. The minimum atomic E-state index is -0.149. The van der Waals surface area contributed by atoms with Gasteiger partial charge in [0.1, 0.15) is 0 Å². The number of aliphatic hydroxyl groups is 1. The van der Waals surface area contributed by atoms with Crippen molar-refractivity contribution in [3.63, 3.8) is 0 Å². The van der Waals surface area contributed by atoms with Crippen LogP contribution in [0.25, 0.3) is 0 Å². The molecule has 0 saturated heterocycles. The zero-order chi connectivity index (χ0) is 8.27. The summed E-state index contributed by atoms with van der Waals surface area (Å²) >= 11 is 5.63. The van der Waals surface area contributed by atoms with Crippen LogP contribution < -0.4 is 0 Å². The maximum atomic E-state index is 8.76. The lowest BCUT2D eigenvalue weighted by Gasteiger charge is -1.98. The lowest BCUT2D eigenvalue weighted by Crippen LogP contribution is -1.88. The second kappa shape index (κ2) is 3.38. The molecule has 1 aromatic rings. The van der Waals surface area contributed by atoms with Crippen molar-refractivity contribution in [2.24, 2.45) is 0 Å². The van der Waals surface area contributed by atoms with Gasteiger partial charge in [0.25, 0.3) is 0 Å². The monoisotopic (exact) mass is 167 g/mol. The molecule has 0 atom stereocenters. The lowest BCUT2D eigenvalue weighted by atomic mass is 10.1. The van der Waals surface area contributed by atoms with Gasteiger partial charge in [0, 0.05) is 5.02 Å². The van der Waals surface area contributed by atoms with Gasteiger partial charge in [-0.15, -0.1) is 0 Å². The highest BCUT2D eigenvalue weighted by Crippen LogP contribution is 2.14. The molecule has 0 bridgehead atoms. The zero-order valence-corrected chi connectivity index (χ0v) is 6.47. The van der Waals surface area contributed by atoms with Crippen LogP contribution in [0.2, 0.25) is 5.02 Å². The average Bonchev–Trinajstić information content (AvgIpc) is 2.04. The van der Waals surface area contributed by atoms with Gasteiger partial charge in [-0.05, 0) is 23.8 Å². The van der Waals surface area contributed by atoms with Gasteiger partial charge in [-0.2, -0.15) is 5.26 Å². The average molecular weight is 168 g/mol. The molecule has 1 N–H and O–H groups in total. The van der Waals surface area contributed by atoms with Crippen LogP contribution in [0.3, 0.4) is 0 Å². The van der Waals surface area contributed by atoms with E-state index < -0.39 is 0 Å². The molecule has 0 fully saturated rings. The van der Waals surface area contributed by atoms with Crippen LogP contribution in [-0.2, 0) is 6.61 Å². The minimum absolute atomic E-state index is 0.149. The maximum absolute atomic E-state index is 8.76. The normalized spacial score (nSPS) is 9.18. The Morgan fingerprint density at radius 2 is 2.27 bits per heavy atom. The van der Waals surface area contributed by atoms with E-state index in [1.54, 1.807) is 18.2 Å². The second-order valence-electron chi connectivity index (χ2n) is 2.07. The van der Waals surface area contributed by atoms with Gasteiger partial charge >= 0.3 is 0 Å². The summed E-state index contributed by atoms with van der Waals surface area (Å²) in [6.07, 6.45) is 0. The Labute approximate surface area is 69.7 Å². The number of benzene rings is 1. The molecule has 0 unspecified atom stereocenters. The van der Waals surface area contributed by atoms with E-state index in [2.05, 4.69) is 0 Å². The molecule has 0 aromatic heterocycles. The van der Waals surface area contributed by atoms with Crippen LogP contribution in [0, 0.1) is 11.3 Å². The fourth-order valence-corrected chi connectivity index (χ4v) is 0.997. The molecular weight excluding hydrogens is 162 g/mol. The summed E-state index contributed by atoms with van der Waals surface area (Å²) in [5, 5.41) is 17.8. The van der Waals surface area contributed by atoms with Crippen LogP contribution in [0.15, 0.2) is 18.2 Å². The molecule has 0 amide bonds. The van der Waals surface area contributed by atoms with Crippen molar-refractivity contribution in [3.05, 3.63) is 34.3 Å². The predicted molar refractivity (Wildman–Crippen MR) is 42.1 cm³/mol. The number of nitrogens with zero attached hydrogens (tertiary/aromatic N) is 1. The Balaban J connectivity index is 3.19. The summed E-state index contributed by atoms with van der Waals surface area (Å²) in [4.78, 5) is 0. The minimum Gasteiger partial charge on any atom is -0.392 e. The Bertz CT molecular complexity index is 303. The van der Waals surface area contributed by atoms with Crippen molar-refractivity contribution < 1.29 is 5.11 Å². The SMILES string of the molecule is N#Cc1ccc(Cl)cc1CO. The third-order valence-corrected chi connectivity index (χ3v) is 1.59. The van der Waals surface area contributed by atoms with Gasteiger partial charge < -0.3 is 5.11 Å². The first-order valence-electron chi connectivity index (χ1n) is 3.07. The fraction of sp³-hybridized carbons (Fsp3) is 0.125. The third-order valence-electron chi connectivity index (χ3n) is 1.36. The number of hydrogen-bond acceptors (Lipinski definition) is 2. The van der Waals surface area contributed by atoms with Crippen LogP contribution in [0.1, 0.15) is 11.1 Å². The van der Waals surface area contributed by atoms with E-state index in [1.807, 2.05) is 6.07 Å². The summed E-state index contributed by atoms with van der Waals surface area (Å²) in [5.74, 6) is 0. The number of hydrogen-bond donors (Lipinski definition) is 1. The van der Waals surface area contributed by atoms with Crippen molar-refractivity contribution in [3.8, 4) is 6.07 Å². The maximum Gasteiger partial charge on any atom is 0.0995 e. The first kappa shape index (κ1) is 8.06. The molecule has 0 saturated carbocycles. The van der Waals surface area contributed by atoms with Gasteiger partial charge in [0.2, 0.25) is 0 Å². The number of rotatable bonds is 1. The van der Waals surface area contributed by atoms with Crippen molar-refractivity contribution in [2.75, 3.05) is 0 Å². The summed E-state index contributed by atoms with van der Waals surface area (Å²) < 4.78 is 0. The van der Waals surface area contributed by atoms with E-state index in [0.717, 1.165) is 0 Å². The van der Waals surface area contributed by atoms with Crippen molar-refractivity contribution in [1.29, 1.82) is 5.26 Å². The van der Waals surface area contributed by atoms with Crippen molar-refractivity contribution >= 4 is 11.6 Å².